The SMILES string of the molecule is CCNC(=NCc1ccccc1Oc1ccccc1)NC(C)CCS(C)(=O)=O.I. The third-order valence-electron chi connectivity index (χ3n) is 4.00. The zero-order chi connectivity index (χ0) is 20.4. The lowest BCUT2D eigenvalue weighted by molar-refractivity contribution is 0.476. The third kappa shape index (κ3) is 9.98. The number of nitrogens with zero attached hydrogens (tertiary/aromatic N) is 1. The fraction of sp³-hybridized carbons (Fsp3) is 0.381. The van der Waals surface area contributed by atoms with Crippen LogP contribution in [-0.4, -0.2) is 39.0 Å². The minimum atomic E-state index is -2.97. The molecule has 0 saturated carbocycles. The average Bonchev–Trinajstić information content (AvgIpc) is 2.66. The Bertz CT molecular complexity index is 874. The molecule has 0 heterocycles. The highest BCUT2D eigenvalue weighted by molar-refractivity contribution is 14.0. The van der Waals surface area contributed by atoms with Gasteiger partial charge in [-0.2, -0.15) is 0 Å². The molecule has 0 spiro atoms. The summed E-state index contributed by atoms with van der Waals surface area (Å²) < 4.78 is 28.7. The van der Waals surface area contributed by atoms with Crippen LogP contribution < -0.4 is 15.4 Å². The number of hydrogen-bond donors (Lipinski definition) is 2. The van der Waals surface area contributed by atoms with Crippen molar-refractivity contribution in [2.45, 2.75) is 32.9 Å². The van der Waals surface area contributed by atoms with Crippen molar-refractivity contribution >= 4 is 39.8 Å². The number of para-hydroxylation sites is 2. The fourth-order valence-electron chi connectivity index (χ4n) is 2.53. The van der Waals surface area contributed by atoms with Gasteiger partial charge in [0.2, 0.25) is 0 Å². The topological polar surface area (TPSA) is 79.8 Å². The van der Waals surface area contributed by atoms with Crippen LogP contribution >= 0.6 is 24.0 Å². The molecule has 160 valence electrons. The number of nitrogens with one attached hydrogen (secondary N) is 2. The van der Waals surface area contributed by atoms with Crippen LogP contribution in [0.1, 0.15) is 25.8 Å². The van der Waals surface area contributed by atoms with Gasteiger partial charge >= 0.3 is 0 Å². The van der Waals surface area contributed by atoms with Crippen LogP contribution in [0.25, 0.3) is 0 Å². The van der Waals surface area contributed by atoms with Crippen LogP contribution in [0.5, 0.6) is 11.5 Å². The first kappa shape index (κ1) is 25.2. The average molecular weight is 531 g/mol. The smallest absolute Gasteiger partial charge is 0.191 e. The number of sulfone groups is 1. The molecular weight excluding hydrogens is 501 g/mol. The minimum absolute atomic E-state index is 0. The van der Waals surface area contributed by atoms with Crippen molar-refractivity contribution in [1.82, 2.24) is 10.6 Å². The standard InChI is InChI=1S/C21H29N3O3S.HI/c1-4-22-21(24-17(2)14-15-28(3,25)26)23-16-18-10-8-9-13-20(18)27-19-11-6-5-7-12-19;/h5-13,17H,4,14-16H2,1-3H3,(H2,22,23,24);1H. The number of hydrogen-bond acceptors (Lipinski definition) is 4. The number of benzene rings is 2. The molecule has 0 aliphatic carbocycles. The predicted molar refractivity (Wildman–Crippen MR) is 130 cm³/mol. The molecule has 0 radical (unpaired) electrons. The molecule has 2 aromatic carbocycles. The molecule has 1 atom stereocenters. The van der Waals surface area contributed by atoms with Gasteiger partial charge in [0.05, 0.1) is 12.3 Å². The van der Waals surface area contributed by atoms with Crippen molar-refractivity contribution in [3.63, 3.8) is 0 Å². The maximum atomic E-state index is 11.4. The molecule has 2 rings (SSSR count). The van der Waals surface area contributed by atoms with Crippen molar-refractivity contribution < 1.29 is 13.2 Å². The summed E-state index contributed by atoms with van der Waals surface area (Å²) >= 11 is 0. The van der Waals surface area contributed by atoms with Gasteiger partial charge in [-0.1, -0.05) is 36.4 Å². The Morgan fingerprint density at radius 3 is 2.41 bits per heavy atom. The van der Waals surface area contributed by atoms with E-state index in [1.165, 1.54) is 6.26 Å². The number of halogens is 1. The lowest BCUT2D eigenvalue weighted by atomic mass is 10.2. The van der Waals surface area contributed by atoms with Gasteiger partial charge in [-0.25, -0.2) is 13.4 Å². The van der Waals surface area contributed by atoms with E-state index in [9.17, 15) is 8.42 Å². The van der Waals surface area contributed by atoms with Crippen molar-refractivity contribution in [2.24, 2.45) is 4.99 Å². The van der Waals surface area contributed by atoms with E-state index in [0.29, 0.717) is 25.5 Å². The van der Waals surface area contributed by atoms with E-state index in [1.54, 1.807) is 0 Å². The molecule has 8 heteroatoms. The van der Waals surface area contributed by atoms with Gasteiger partial charge in [0.1, 0.15) is 21.3 Å². The van der Waals surface area contributed by atoms with Crippen LogP contribution in [0.15, 0.2) is 59.6 Å². The number of guanidine groups is 1. The second-order valence-electron chi connectivity index (χ2n) is 6.68. The number of aliphatic imine (C=N–C) groups is 1. The first-order valence-electron chi connectivity index (χ1n) is 9.40. The molecule has 0 aliphatic rings. The molecule has 0 fully saturated rings. The van der Waals surface area contributed by atoms with E-state index in [4.69, 9.17) is 4.74 Å². The van der Waals surface area contributed by atoms with Gasteiger partial charge in [-0.15, -0.1) is 24.0 Å². The summed E-state index contributed by atoms with van der Waals surface area (Å²) in [7, 11) is -2.97. The number of rotatable bonds is 9. The Hall–Kier alpha value is -1.81. The Morgan fingerprint density at radius 1 is 1.10 bits per heavy atom. The summed E-state index contributed by atoms with van der Waals surface area (Å²) in [4.78, 5) is 4.64. The fourth-order valence-corrected chi connectivity index (χ4v) is 3.31. The highest BCUT2D eigenvalue weighted by Crippen LogP contribution is 2.25. The first-order chi connectivity index (χ1) is 13.4. The van der Waals surface area contributed by atoms with E-state index >= 15 is 0 Å². The van der Waals surface area contributed by atoms with E-state index < -0.39 is 9.84 Å². The lowest BCUT2D eigenvalue weighted by Gasteiger charge is -2.18. The van der Waals surface area contributed by atoms with Gasteiger partial charge in [0.15, 0.2) is 5.96 Å². The van der Waals surface area contributed by atoms with E-state index in [1.807, 2.05) is 68.4 Å². The first-order valence-corrected chi connectivity index (χ1v) is 11.5. The van der Waals surface area contributed by atoms with E-state index in [0.717, 1.165) is 17.1 Å². The Labute approximate surface area is 191 Å². The zero-order valence-electron chi connectivity index (χ0n) is 17.1. The quantitative estimate of drug-likeness (QED) is 0.291. The molecular formula is C21H30IN3O3S. The Morgan fingerprint density at radius 2 is 1.76 bits per heavy atom. The summed E-state index contributed by atoms with van der Waals surface area (Å²) in [6, 6.07) is 17.4. The second kappa shape index (κ2) is 12.7. The molecule has 0 aromatic heterocycles. The molecule has 0 aliphatic heterocycles. The molecule has 0 amide bonds. The Kier molecular flexibility index (Phi) is 11.0. The van der Waals surface area contributed by atoms with Gasteiger partial charge in [0.25, 0.3) is 0 Å². The summed E-state index contributed by atoms with van der Waals surface area (Å²) in [5, 5.41) is 6.46. The van der Waals surface area contributed by atoms with Crippen molar-refractivity contribution in [3.05, 3.63) is 60.2 Å². The van der Waals surface area contributed by atoms with Crippen LogP contribution in [-0.2, 0) is 16.4 Å². The van der Waals surface area contributed by atoms with Crippen molar-refractivity contribution in [1.29, 1.82) is 0 Å². The maximum absolute atomic E-state index is 11.4. The van der Waals surface area contributed by atoms with Crippen molar-refractivity contribution in [2.75, 3.05) is 18.6 Å². The minimum Gasteiger partial charge on any atom is -0.457 e. The van der Waals surface area contributed by atoms with Gasteiger partial charge in [-0.05, 0) is 38.5 Å². The zero-order valence-corrected chi connectivity index (χ0v) is 20.2. The summed E-state index contributed by atoms with van der Waals surface area (Å²) in [5.41, 5.74) is 0.965. The maximum Gasteiger partial charge on any atom is 0.191 e. The van der Waals surface area contributed by atoms with E-state index in [-0.39, 0.29) is 35.8 Å². The largest absolute Gasteiger partial charge is 0.457 e. The third-order valence-corrected chi connectivity index (χ3v) is 4.98. The molecule has 0 saturated heterocycles. The van der Waals surface area contributed by atoms with Crippen LogP contribution in [0.3, 0.4) is 0 Å². The van der Waals surface area contributed by atoms with Gasteiger partial charge in [0, 0.05) is 24.4 Å². The molecule has 2 aromatic rings. The molecule has 29 heavy (non-hydrogen) atoms. The van der Waals surface area contributed by atoms with Crippen LogP contribution in [0.4, 0.5) is 0 Å². The normalized spacial score (nSPS) is 12.6. The lowest BCUT2D eigenvalue weighted by Crippen LogP contribution is -2.42. The predicted octanol–water partition coefficient (Wildman–Crippen LogP) is 3.98. The summed E-state index contributed by atoms with van der Waals surface area (Å²) in [6.07, 6.45) is 1.78. The monoisotopic (exact) mass is 531 g/mol. The molecule has 2 N–H and O–H groups in total. The second-order valence-corrected chi connectivity index (χ2v) is 8.94. The van der Waals surface area contributed by atoms with Gasteiger partial charge < -0.3 is 15.4 Å². The summed E-state index contributed by atoms with van der Waals surface area (Å²) in [6.45, 7) is 5.10. The summed E-state index contributed by atoms with van der Waals surface area (Å²) in [5.74, 6) is 2.34. The highest BCUT2D eigenvalue weighted by Gasteiger charge is 2.10. The molecule has 1 unspecified atom stereocenters. The van der Waals surface area contributed by atoms with Crippen molar-refractivity contribution in [3.8, 4) is 11.5 Å². The van der Waals surface area contributed by atoms with Crippen LogP contribution in [0, 0.1) is 0 Å². The number of ether oxygens (including phenoxy) is 1. The molecule has 6 nitrogen and oxygen atoms in total. The highest BCUT2D eigenvalue weighted by atomic mass is 127. The van der Waals surface area contributed by atoms with E-state index in [2.05, 4.69) is 15.6 Å². The van der Waals surface area contributed by atoms with Crippen LogP contribution in [0.2, 0.25) is 0 Å². The molecule has 0 bridgehead atoms. The van der Waals surface area contributed by atoms with Gasteiger partial charge in [-0.3, -0.25) is 0 Å². The Balaban J connectivity index is 0.00000420.